The molecule has 2 atom stereocenters. The molecule has 1 aliphatic rings. The summed E-state index contributed by atoms with van der Waals surface area (Å²) in [7, 11) is -3.45. The van der Waals surface area contributed by atoms with Crippen LogP contribution in [0.1, 0.15) is 27.2 Å². The minimum absolute atomic E-state index is 0.118. The van der Waals surface area contributed by atoms with Gasteiger partial charge in [-0.15, -0.1) is 0 Å². The third kappa shape index (κ3) is 5.10. The van der Waals surface area contributed by atoms with Gasteiger partial charge in [0, 0.05) is 6.16 Å². The molecule has 0 aromatic rings. The van der Waals surface area contributed by atoms with Gasteiger partial charge in [0.2, 0.25) is 7.37 Å². The van der Waals surface area contributed by atoms with Crippen molar-refractivity contribution in [2.75, 3.05) is 25.6 Å². The summed E-state index contributed by atoms with van der Waals surface area (Å²) in [5.41, 5.74) is 0. The van der Waals surface area contributed by atoms with Crippen molar-refractivity contribution in [3.05, 3.63) is 0 Å². The molecule has 1 heterocycles. The van der Waals surface area contributed by atoms with Gasteiger partial charge in [0.25, 0.3) is 5.91 Å². The number of hydrogen-bond donors (Lipinski definition) is 2. The molecule has 0 spiro atoms. The van der Waals surface area contributed by atoms with E-state index in [2.05, 4.69) is 5.32 Å². The van der Waals surface area contributed by atoms with Crippen LogP contribution in [0.3, 0.4) is 0 Å². The van der Waals surface area contributed by atoms with E-state index >= 15 is 0 Å². The van der Waals surface area contributed by atoms with Crippen molar-refractivity contribution in [2.45, 2.75) is 27.2 Å². The van der Waals surface area contributed by atoms with Crippen LogP contribution >= 0.6 is 7.37 Å². The lowest BCUT2D eigenvalue weighted by Crippen LogP contribution is -2.34. The Morgan fingerprint density at radius 3 is 2.50 bits per heavy atom. The number of nitrogens with one attached hydrogen (secondary N) is 1. The lowest BCUT2D eigenvalue weighted by Gasteiger charge is -2.25. The van der Waals surface area contributed by atoms with Gasteiger partial charge in [-0.3, -0.25) is 19.1 Å². The van der Waals surface area contributed by atoms with Crippen LogP contribution in [-0.2, 0) is 18.7 Å². The van der Waals surface area contributed by atoms with Crippen LogP contribution in [0.4, 0.5) is 4.79 Å². The van der Waals surface area contributed by atoms with Crippen molar-refractivity contribution < 1.29 is 28.6 Å². The molecule has 3 amide bonds. The number of imide groups is 1. The van der Waals surface area contributed by atoms with Gasteiger partial charge in [0.05, 0.1) is 19.1 Å². The summed E-state index contributed by atoms with van der Waals surface area (Å²) in [5.74, 6) is -2.25. The van der Waals surface area contributed by atoms with Crippen molar-refractivity contribution in [3.8, 4) is 0 Å². The van der Waals surface area contributed by atoms with Gasteiger partial charge in [-0.05, 0) is 19.3 Å². The second-order valence-corrected chi connectivity index (χ2v) is 8.24. The molecule has 1 aliphatic heterocycles. The van der Waals surface area contributed by atoms with E-state index in [1.807, 2.05) is 13.8 Å². The van der Waals surface area contributed by atoms with Gasteiger partial charge in [-0.25, -0.2) is 4.79 Å². The maximum Gasteiger partial charge on any atom is 0.325 e. The maximum absolute atomic E-state index is 12.9. The molecule has 22 heavy (non-hydrogen) atoms. The molecule has 9 heteroatoms. The number of aliphatic carboxylic acids is 1. The van der Waals surface area contributed by atoms with Crippen LogP contribution in [0, 0.1) is 11.8 Å². The molecule has 2 N–H and O–H groups in total. The van der Waals surface area contributed by atoms with Crippen LogP contribution in [0.2, 0.25) is 0 Å². The van der Waals surface area contributed by atoms with Gasteiger partial charge in [-0.1, -0.05) is 13.8 Å². The number of carboxylic acid groups (broad SMARTS) is 1. The van der Waals surface area contributed by atoms with Gasteiger partial charge in [0.15, 0.2) is 0 Å². The Hall–Kier alpha value is -1.40. The predicted molar refractivity (Wildman–Crippen MR) is 79.8 cm³/mol. The molecule has 0 bridgehead atoms. The zero-order valence-electron chi connectivity index (χ0n) is 13.1. The van der Waals surface area contributed by atoms with Gasteiger partial charge < -0.3 is 14.9 Å². The molecule has 0 aromatic heterocycles. The third-order valence-electron chi connectivity index (χ3n) is 3.26. The van der Waals surface area contributed by atoms with Crippen molar-refractivity contribution >= 4 is 25.3 Å². The largest absolute Gasteiger partial charge is 0.481 e. The Bertz CT molecular complexity index is 477. The molecule has 0 aliphatic carbocycles. The van der Waals surface area contributed by atoms with E-state index in [4.69, 9.17) is 4.52 Å². The highest BCUT2D eigenvalue weighted by Gasteiger charge is 2.39. The van der Waals surface area contributed by atoms with E-state index in [1.54, 1.807) is 6.92 Å². The maximum atomic E-state index is 12.9. The number of amides is 3. The summed E-state index contributed by atoms with van der Waals surface area (Å²) >= 11 is 0. The van der Waals surface area contributed by atoms with E-state index in [1.165, 1.54) is 0 Å². The normalized spacial score (nSPS) is 19.2. The van der Waals surface area contributed by atoms with E-state index < -0.39 is 31.2 Å². The highest BCUT2D eigenvalue weighted by atomic mass is 31.2. The van der Waals surface area contributed by atoms with Gasteiger partial charge >= 0.3 is 12.0 Å². The Morgan fingerprint density at radius 1 is 1.45 bits per heavy atom. The molecule has 2 unspecified atom stereocenters. The van der Waals surface area contributed by atoms with Crippen LogP contribution < -0.4 is 5.32 Å². The first-order chi connectivity index (χ1) is 10.2. The quantitative estimate of drug-likeness (QED) is 0.489. The second kappa shape index (κ2) is 7.74. The van der Waals surface area contributed by atoms with Gasteiger partial charge in [-0.2, -0.15) is 0 Å². The Morgan fingerprint density at radius 2 is 2.09 bits per heavy atom. The highest BCUT2D eigenvalue weighted by molar-refractivity contribution is 7.59. The van der Waals surface area contributed by atoms with Crippen LogP contribution in [0.15, 0.2) is 0 Å². The monoisotopic (exact) mass is 334 g/mol. The lowest BCUT2D eigenvalue weighted by molar-refractivity contribution is -0.141. The van der Waals surface area contributed by atoms with Crippen molar-refractivity contribution in [3.63, 3.8) is 0 Å². The average Bonchev–Trinajstić information content (AvgIpc) is 2.69. The Kier molecular flexibility index (Phi) is 6.56. The summed E-state index contributed by atoms with van der Waals surface area (Å²) < 4.78 is 18.2. The summed E-state index contributed by atoms with van der Waals surface area (Å²) in [6, 6.07) is -0.624. The summed E-state index contributed by atoms with van der Waals surface area (Å²) in [4.78, 5) is 35.4. The molecule has 126 valence electrons. The van der Waals surface area contributed by atoms with Crippen LogP contribution in [0.25, 0.3) is 0 Å². The minimum atomic E-state index is -3.45. The minimum Gasteiger partial charge on any atom is -0.481 e. The Balaban J connectivity index is 2.89. The molecule has 0 aromatic carbocycles. The summed E-state index contributed by atoms with van der Waals surface area (Å²) in [6.45, 7) is 5.36. The first-order valence-electron chi connectivity index (χ1n) is 7.22. The predicted octanol–water partition coefficient (Wildman–Crippen LogP) is 1.56. The molecule has 0 radical (unpaired) electrons. The number of carboxylic acids is 1. The van der Waals surface area contributed by atoms with Gasteiger partial charge in [0.1, 0.15) is 6.29 Å². The fourth-order valence-electron chi connectivity index (χ4n) is 2.36. The average molecular weight is 334 g/mol. The van der Waals surface area contributed by atoms with Crippen molar-refractivity contribution in [1.29, 1.82) is 0 Å². The zero-order valence-corrected chi connectivity index (χ0v) is 14.0. The number of carbonyl (C=O) groups is 3. The van der Waals surface area contributed by atoms with Crippen LogP contribution in [0.5, 0.6) is 0 Å². The van der Waals surface area contributed by atoms with Crippen molar-refractivity contribution in [2.24, 2.45) is 11.8 Å². The first kappa shape index (κ1) is 18.6. The number of urea groups is 1. The third-order valence-corrected chi connectivity index (χ3v) is 5.70. The summed E-state index contributed by atoms with van der Waals surface area (Å²) in [5, 5.41) is 11.6. The Labute approximate surface area is 129 Å². The fourth-order valence-corrected chi connectivity index (χ4v) is 4.83. The number of carbonyl (C=O) groups excluding carboxylic acids is 2. The highest BCUT2D eigenvalue weighted by Crippen LogP contribution is 2.50. The number of nitrogens with zero attached hydrogens (tertiary/aromatic N) is 1. The molecule has 8 nitrogen and oxygen atoms in total. The lowest BCUT2D eigenvalue weighted by atomic mass is 9.99. The first-order valence-corrected chi connectivity index (χ1v) is 9.21. The number of rotatable bonds is 9. The second-order valence-electron chi connectivity index (χ2n) is 5.70. The molecule has 0 saturated carbocycles. The summed E-state index contributed by atoms with van der Waals surface area (Å²) in [6.07, 6.45) is -0.217. The molecule has 1 saturated heterocycles. The van der Waals surface area contributed by atoms with Crippen LogP contribution in [-0.4, -0.2) is 53.5 Å². The fraction of sp³-hybridized carbons (Fsp3) is 0.769. The SMILES string of the molecule is CCOP(=O)(CC(CC(C)C)C(=O)O)CN1C(=O)CNC1=O. The van der Waals surface area contributed by atoms with E-state index in [0.717, 1.165) is 4.90 Å². The molecular weight excluding hydrogens is 311 g/mol. The molecule has 1 fully saturated rings. The van der Waals surface area contributed by atoms with Crippen molar-refractivity contribution in [1.82, 2.24) is 10.2 Å². The molecule has 1 rings (SSSR count). The zero-order chi connectivity index (χ0) is 16.9. The van der Waals surface area contributed by atoms with E-state index in [-0.39, 0.29) is 31.5 Å². The standard InChI is InChI=1S/C13H23N2O6P/c1-4-21-22(20,7-10(12(17)18)5-9(2)3)8-15-11(16)6-14-13(15)19/h9-10H,4-8H2,1-3H3,(H,14,19)(H,17,18). The molecular formula is C13H23N2O6P. The smallest absolute Gasteiger partial charge is 0.325 e. The topological polar surface area (TPSA) is 113 Å². The number of hydrogen-bond acceptors (Lipinski definition) is 5. The van der Waals surface area contributed by atoms with E-state index in [9.17, 15) is 24.1 Å². The van der Waals surface area contributed by atoms with E-state index in [0.29, 0.717) is 6.42 Å².